The fourth-order valence-electron chi connectivity index (χ4n) is 0.814. The van der Waals surface area contributed by atoms with Crippen LogP contribution in [-0.2, 0) is 9.47 Å². The van der Waals surface area contributed by atoms with Crippen LogP contribution < -0.4 is 0 Å². The van der Waals surface area contributed by atoms with Crippen LogP contribution >= 0.6 is 11.6 Å². The van der Waals surface area contributed by atoms with E-state index in [9.17, 15) is 4.79 Å². The van der Waals surface area contributed by atoms with Crippen LogP contribution in [0.4, 0.5) is 4.79 Å². The van der Waals surface area contributed by atoms with Crippen LogP contribution in [0.1, 0.15) is 0 Å². The first-order valence-corrected chi connectivity index (χ1v) is 3.44. The predicted molar refractivity (Wildman–Crippen MR) is 35.7 cm³/mol. The van der Waals surface area contributed by atoms with Gasteiger partial charge in [-0.2, -0.15) is 0 Å². The quantitative estimate of drug-likeness (QED) is 0.382. The average molecular weight is 199 g/mol. The van der Waals surface area contributed by atoms with Gasteiger partial charge in [0.1, 0.15) is 6.10 Å². The lowest BCUT2D eigenvalue weighted by Gasteiger charge is -2.22. The Kier molecular flexibility index (Phi) is 2.43. The molecular weight excluding hydrogens is 192 g/mol. The van der Waals surface area contributed by atoms with E-state index in [2.05, 4.69) is 9.47 Å². The number of ether oxygens (including phenoxy) is 2. The van der Waals surface area contributed by atoms with Crippen LogP contribution in [0.5, 0.6) is 0 Å². The molecule has 0 bridgehead atoms. The van der Waals surface area contributed by atoms with Crippen molar-refractivity contribution in [1.29, 1.82) is 0 Å². The summed E-state index contributed by atoms with van der Waals surface area (Å²) in [6, 6.07) is 0. The first-order chi connectivity index (χ1) is 5.46. The maximum atomic E-state index is 10.0. The lowest BCUT2D eigenvalue weighted by Crippen LogP contribution is -2.41. The van der Waals surface area contributed by atoms with Gasteiger partial charge in [0.15, 0.2) is 6.10 Å². The third-order valence-electron chi connectivity index (χ3n) is 1.40. The second-order valence-electron chi connectivity index (χ2n) is 2.27. The topological polar surface area (TPSA) is 96.2 Å². The summed E-state index contributed by atoms with van der Waals surface area (Å²) in [6.45, 7) is -0.266. The molecule has 0 radical (unpaired) electrons. The Morgan fingerprint density at radius 2 is 2.25 bits per heavy atom. The van der Waals surface area contributed by atoms with Crippen LogP contribution in [0.15, 0.2) is 0 Å². The lowest BCUT2D eigenvalue weighted by molar-refractivity contribution is -0.161. The van der Waals surface area contributed by atoms with Gasteiger partial charge in [-0.05, 0) is 11.6 Å². The summed E-state index contributed by atoms with van der Waals surface area (Å²) in [5.41, 5.74) is 0. The average Bonchev–Trinajstić information content (AvgIpc) is 2.16. The van der Waals surface area contributed by atoms with Crippen LogP contribution in [0, 0.1) is 0 Å². The van der Waals surface area contributed by atoms with Crippen LogP contribution in [0.3, 0.4) is 0 Å². The van der Waals surface area contributed by atoms with Gasteiger partial charge in [0.25, 0.3) is 0 Å². The minimum Gasteiger partial charge on any atom is -0.450 e. The molecule has 3 N–H and O–H groups in total. The molecule has 70 valence electrons. The Morgan fingerprint density at radius 1 is 1.67 bits per heavy atom. The Balaban J connectivity index is 2.65. The molecule has 6 nitrogen and oxygen atoms in total. The molecule has 0 saturated carbocycles. The number of carbonyl (C=O) groups is 1. The molecule has 1 aliphatic rings. The van der Waals surface area contributed by atoms with Gasteiger partial charge in [-0.3, -0.25) is 0 Å². The molecule has 1 unspecified atom stereocenters. The van der Waals surface area contributed by atoms with Gasteiger partial charge in [0.2, 0.25) is 0 Å². The van der Waals surface area contributed by atoms with E-state index < -0.39 is 23.6 Å². The molecule has 0 aromatic heterocycles. The number of aliphatic hydroxyl groups excluding tert-OH is 2. The number of halogens is 1. The number of aliphatic hydroxyl groups is 2. The molecule has 0 spiro atoms. The number of carboxylic acid groups (broad SMARTS) is 1. The van der Waals surface area contributed by atoms with Crippen LogP contribution in [0.2, 0.25) is 0 Å². The van der Waals surface area contributed by atoms with E-state index in [1.807, 2.05) is 0 Å². The van der Waals surface area contributed by atoms with E-state index in [0.717, 1.165) is 0 Å². The monoisotopic (exact) mass is 198 g/mol. The summed E-state index contributed by atoms with van der Waals surface area (Å²) < 4.78 is 8.57. The Bertz CT molecular complexity index is 196. The van der Waals surface area contributed by atoms with Crippen molar-refractivity contribution in [2.24, 2.45) is 0 Å². The molecule has 1 saturated heterocycles. The molecule has 0 aromatic carbocycles. The standard InChI is InChI=1S/C5H7ClO6/c6-5(12-4(9)10)3(8)2(7)1-11-5/h2-3,7-8H,1H2,(H,9,10)/t2-,3-,5?/m1/s1. The summed E-state index contributed by atoms with van der Waals surface area (Å²) in [5, 5.41) is 24.0. The fraction of sp³-hybridized carbons (Fsp3) is 0.800. The highest BCUT2D eigenvalue weighted by atomic mass is 35.5. The molecule has 0 aliphatic carbocycles. The van der Waals surface area contributed by atoms with Gasteiger partial charge in [0.05, 0.1) is 6.61 Å². The Labute approximate surface area is 72.3 Å². The van der Waals surface area contributed by atoms with E-state index in [1.54, 1.807) is 0 Å². The first-order valence-electron chi connectivity index (χ1n) is 3.06. The van der Waals surface area contributed by atoms with Gasteiger partial charge in [-0.15, -0.1) is 0 Å². The lowest BCUT2D eigenvalue weighted by atomic mass is 10.2. The highest BCUT2D eigenvalue weighted by Crippen LogP contribution is 2.31. The van der Waals surface area contributed by atoms with Crippen molar-refractivity contribution >= 4 is 17.8 Å². The maximum absolute atomic E-state index is 10.0. The zero-order valence-corrected chi connectivity index (χ0v) is 6.56. The van der Waals surface area contributed by atoms with E-state index in [4.69, 9.17) is 26.9 Å². The number of alkyl halides is 1. The van der Waals surface area contributed by atoms with Gasteiger partial charge in [-0.1, -0.05) is 0 Å². The van der Waals surface area contributed by atoms with E-state index in [0.29, 0.717) is 0 Å². The molecule has 1 fully saturated rings. The number of hydrogen-bond donors (Lipinski definition) is 3. The molecular formula is C5H7ClO6. The maximum Gasteiger partial charge on any atom is 0.509 e. The minimum atomic E-state index is -2.18. The highest BCUT2D eigenvalue weighted by molar-refractivity contribution is 6.23. The van der Waals surface area contributed by atoms with Gasteiger partial charge in [-0.25, -0.2) is 4.79 Å². The molecule has 1 heterocycles. The van der Waals surface area contributed by atoms with Crippen molar-refractivity contribution in [3.05, 3.63) is 0 Å². The van der Waals surface area contributed by atoms with Crippen LogP contribution in [-0.4, -0.2) is 45.5 Å². The molecule has 1 rings (SSSR count). The zero-order chi connectivity index (χ0) is 9.35. The highest BCUT2D eigenvalue weighted by Gasteiger charge is 2.51. The van der Waals surface area contributed by atoms with E-state index in [1.165, 1.54) is 0 Å². The molecule has 3 atom stereocenters. The van der Waals surface area contributed by atoms with Gasteiger partial charge >= 0.3 is 11.4 Å². The third-order valence-corrected chi connectivity index (χ3v) is 1.80. The second-order valence-corrected chi connectivity index (χ2v) is 2.80. The Morgan fingerprint density at radius 3 is 2.58 bits per heavy atom. The first kappa shape index (κ1) is 9.53. The fourth-order valence-corrected chi connectivity index (χ4v) is 1.09. The normalized spacial score (nSPS) is 41.2. The van der Waals surface area contributed by atoms with E-state index in [-0.39, 0.29) is 6.61 Å². The largest absolute Gasteiger partial charge is 0.509 e. The minimum absolute atomic E-state index is 0.266. The SMILES string of the molecule is O=C(O)OC1(Cl)OC[C@@H](O)[C@H]1O. The number of hydrogen-bond acceptors (Lipinski definition) is 5. The molecule has 0 amide bonds. The number of rotatable bonds is 1. The summed E-state index contributed by atoms with van der Waals surface area (Å²) in [5.74, 6) is 0. The molecule has 7 heteroatoms. The smallest absolute Gasteiger partial charge is 0.450 e. The van der Waals surface area contributed by atoms with Crippen molar-refractivity contribution in [2.45, 2.75) is 17.5 Å². The van der Waals surface area contributed by atoms with Crippen molar-refractivity contribution in [1.82, 2.24) is 0 Å². The Hall–Kier alpha value is -0.560. The van der Waals surface area contributed by atoms with Crippen molar-refractivity contribution < 1.29 is 29.6 Å². The summed E-state index contributed by atoms with van der Waals surface area (Å²) in [4.78, 5) is 10.0. The third kappa shape index (κ3) is 1.61. The van der Waals surface area contributed by atoms with E-state index >= 15 is 0 Å². The van der Waals surface area contributed by atoms with Crippen molar-refractivity contribution in [3.63, 3.8) is 0 Å². The predicted octanol–water partition coefficient (Wildman–Crippen LogP) is -0.674. The summed E-state index contributed by atoms with van der Waals surface area (Å²) >= 11 is 5.38. The van der Waals surface area contributed by atoms with Crippen LogP contribution in [0.25, 0.3) is 0 Å². The van der Waals surface area contributed by atoms with Crippen molar-refractivity contribution in [2.75, 3.05) is 6.61 Å². The second kappa shape index (κ2) is 3.06. The molecule has 12 heavy (non-hydrogen) atoms. The zero-order valence-electron chi connectivity index (χ0n) is 5.81. The summed E-state index contributed by atoms with van der Waals surface area (Å²) in [6.07, 6.45) is -4.49. The summed E-state index contributed by atoms with van der Waals surface area (Å²) in [7, 11) is 0. The molecule has 0 aromatic rings. The van der Waals surface area contributed by atoms with Crippen molar-refractivity contribution in [3.8, 4) is 0 Å². The van der Waals surface area contributed by atoms with Gasteiger partial charge < -0.3 is 24.8 Å². The molecule has 1 aliphatic heterocycles. The van der Waals surface area contributed by atoms with Gasteiger partial charge in [0, 0.05) is 0 Å².